The normalized spacial score (nSPS) is 10.9. The van der Waals surface area contributed by atoms with Gasteiger partial charge in [0.05, 0.1) is 19.5 Å². The third-order valence-corrected chi connectivity index (χ3v) is 3.92. The number of rotatable bonds is 6. The third kappa shape index (κ3) is 4.35. The summed E-state index contributed by atoms with van der Waals surface area (Å²) in [5, 5.41) is 6.21. The topological polar surface area (TPSA) is 108 Å². The summed E-state index contributed by atoms with van der Waals surface area (Å²) in [6, 6.07) is 4.97. The van der Waals surface area contributed by atoms with Gasteiger partial charge in [-0.1, -0.05) is 0 Å². The minimum atomic E-state index is -0.742. The van der Waals surface area contributed by atoms with Gasteiger partial charge in [0.25, 0.3) is 5.88 Å². The Balaban J connectivity index is 1.75. The van der Waals surface area contributed by atoms with Crippen LogP contribution >= 0.6 is 22.9 Å². The molecule has 0 saturated carbocycles. The van der Waals surface area contributed by atoms with Crippen molar-refractivity contribution in [2.45, 2.75) is 0 Å². The van der Waals surface area contributed by atoms with Crippen LogP contribution in [0.5, 0.6) is 17.4 Å². The highest BCUT2D eigenvalue weighted by Crippen LogP contribution is 2.32. The molecule has 0 saturated heterocycles. The van der Waals surface area contributed by atoms with E-state index in [1.807, 2.05) is 0 Å². The van der Waals surface area contributed by atoms with Crippen molar-refractivity contribution in [2.75, 3.05) is 18.3 Å². The molecule has 26 heavy (non-hydrogen) atoms. The molecule has 134 valence electrons. The zero-order valence-electron chi connectivity index (χ0n) is 13.3. The molecule has 0 fully saturated rings. The lowest BCUT2D eigenvalue weighted by Crippen LogP contribution is -1.97. The number of aromatic nitrogens is 3. The largest absolute Gasteiger partial charge is 0.493 e. The van der Waals surface area contributed by atoms with E-state index in [9.17, 15) is 4.39 Å². The molecule has 3 aromatic rings. The Hall–Kier alpha value is -2.98. The van der Waals surface area contributed by atoms with Gasteiger partial charge in [-0.15, -0.1) is 11.3 Å². The van der Waals surface area contributed by atoms with E-state index in [0.717, 1.165) is 6.20 Å². The first-order valence-electron chi connectivity index (χ1n) is 7.09. The second kappa shape index (κ2) is 7.93. The van der Waals surface area contributed by atoms with Crippen molar-refractivity contribution in [1.82, 2.24) is 15.0 Å². The van der Waals surface area contributed by atoms with Gasteiger partial charge in [0.2, 0.25) is 16.2 Å². The molecule has 0 aliphatic heterocycles. The van der Waals surface area contributed by atoms with Gasteiger partial charge in [-0.05, 0) is 35.4 Å². The van der Waals surface area contributed by atoms with Gasteiger partial charge in [-0.3, -0.25) is 5.43 Å². The van der Waals surface area contributed by atoms with E-state index in [1.165, 1.54) is 18.4 Å². The Kier molecular flexibility index (Phi) is 5.44. The molecule has 2 aromatic heterocycles. The molecule has 0 atom stereocenters. The van der Waals surface area contributed by atoms with Crippen molar-refractivity contribution in [3.05, 3.63) is 46.4 Å². The molecule has 11 heteroatoms. The van der Waals surface area contributed by atoms with Crippen LogP contribution in [0.15, 0.2) is 34.9 Å². The fourth-order valence-electron chi connectivity index (χ4n) is 1.86. The van der Waals surface area contributed by atoms with E-state index < -0.39 is 5.82 Å². The molecule has 0 spiro atoms. The summed E-state index contributed by atoms with van der Waals surface area (Å²) < 4.78 is 24.4. The lowest BCUT2D eigenvalue weighted by Gasteiger charge is -2.10. The van der Waals surface area contributed by atoms with Crippen LogP contribution in [-0.2, 0) is 0 Å². The number of nitrogens with two attached hydrogens (primary N) is 1. The van der Waals surface area contributed by atoms with E-state index in [1.54, 1.807) is 29.8 Å². The summed E-state index contributed by atoms with van der Waals surface area (Å²) in [4.78, 5) is 11.3. The van der Waals surface area contributed by atoms with Gasteiger partial charge in [-0.25, -0.2) is 9.97 Å². The highest BCUT2D eigenvalue weighted by molar-refractivity contribution is 7.14. The molecule has 0 bridgehead atoms. The van der Waals surface area contributed by atoms with Gasteiger partial charge in [0.1, 0.15) is 5.82 Å². The van der Waals surface area contributed by atoms with E-state index in [2.05, 4.69) is 25.5 Å². The van der Waals surface area contributed by atoms with Crippen molar-refractivity contribution in [2.24, 2.45) is 5.10 Å². The number of thiazole rings is 1. The van der Waals surface area contributed by atoms with Crippen LogP contribution in [0.1, 0.15) is 5.56 Å². The second-order valence-electron chi connectivity index (χ2n) is 4.75. The summed E-state index contributed by atoms with van der Waals surface area (Å²) in [5.41, 5.74) is 9.01. The first-order chi connectivity index (χ1) is 12.5. The summed E-state index contributed by atoms with van der Waals surface area (Å²) in [7, 11) is 1.46. The number of halogens is 2. The average Bonchev–Trinajstić information content (AvgIpc) is 3.04. The van der Waals surface area contributed by atoms with Gasteiger partial charge < -0.3 is 15.2 Å². The number of nitrogen functional groups attached to an aromatic ring is 1. The minimum absolute atomic E-state index is 0.127. The molecule has 0 radical (unpaired) electrons. The van der Waals surface area contributed by atoms with E-state index in [4.69, 9.17) is 26.8 Å². The quantitative estimate of drug-likeness (QED) is 0.374. The van der Waals surface area contributed by atoms with E-state index >= 15 is 0 Å². The summed E-state index contributed by atoms with van der Waals surface area (Å²) in [5.74, 6) is 0.00948. The predicted octanol–water partition coefficient (Wildman–Crippen LogP) is 3.55. The van der Waals surface area contributed by atoms with Gasteiger partial charge in [-0.2, -0.15) is 14.5 Å². The maximum absolute atomic E-state index is 13.7. The molecule has 0 aliphatic rings. The number of nitrogens with zero attached hydrogens (tertiary/aromatic N) is 4. The molecule has 2 heterocycles. The fourth-order valence-corrected chi connectivity index (χ4v) is 2.53. The Bertz CT molecular complexity index is 952. The number of hydrazone groups is 1. The maximum atomic E-state index is 13.7. The predicted molar refractivity (Wildman–Crippen MR) is 97.8 cm³/mol. The van der Waals surface area contributed by atoms with Crippen LogP contribution in [0.3, 0.4) is 0 Å². The van der Waals surface area contributed by atoms with Crippen LogP contribution in [0.2, 0.25) is 5.28 Å². The van der Waals surface area contributed by atoms with Crippen LogP contribution in [0, 0.1) is 5.82 Å². The molecule has 3 rings (SSSR count). The van der Waals surface area contributed by atoms with E-state index in [-0.39, 0.29) is 16.9 Å². The molecule has 1 aromatic carbocycles. The minimum Gasteiger partial charge on any atom is -0.493 e. The van der Waals surface area contributed by atoms with Crippen LogP contribution in [0.4, 0.5) is 15.3 Å². The standard InChI is InChI=1S/C15H12ClFN6O2S/c1-24-11-4-8(5-20-23-15-21-12(18)7-26-15)2-3-10(11)25-13-9(17)6-19-14(16)22-13/h2-7H,18H2,1H3,(H,21,23). The zero-order chi connectivity index (χ0) is 18.5. The monoisotopic (exact) mass is 394 g/mol. The third-order valence-electron chi connectivity index (χ3n) is 2.97. The molecule has 8 nitrogen and oxygen atoms in total. The Morgan fingerprint density at radius 3 is 2.92 bits per heavy atom. The van der Waals surface area contributed by atoms with E-state index in [0.29, 0.717) is 22.3 Å². The number of hydrogen-bond acceptors (Lipinski definition) is 9. The zero-order valence-corrected chi connectivity index (χ0v) is 14.9. The number of nitrogens with one attached hydrogen (secondary N) is 1. The summed E-state index contributed by atoms with van der Waals surface area (Å²) in [6.07, 6.45) is 2.49. The first kappa shape index (κ1) is 17.8. The summed E-state index contributed by atoms with van der Waals surface area (Å²) in [6.45, 7) is 0. The Morgan fingerprint density at radius 1 is 1.35 bits per heavy atom. The number of anilines is 2. The van der Waals surface area contributed by atoms with Gasteiger partial charge in [0, 0.05) is 5.38 Å². The molecule has 0 unspecified atom stereocenters. The lowest BCUT2D eigenvalue weighted by molar-refractivity contribution is 0.363. The van der Waals surface area contributed by atoms with Crippen LogP contribution in [-0.4, -0.2) is 28.3 Å². The maximum Gasteiger partial charge on any atom is 0.260 e. The molecular formula is C15H12ClFN6O2S. The molecule has 0 aliphatic carbocycles. The second-order valence-corrected chi connectivity index (χ2v) is 5.95. The number of methoxy groups -OCH3 is 1. The highest BCUT2D eigenvalue weighted by atomic mass is 35.5. The van der Waals surface area contributed by atoms with Gasteiger partial charge >= 0.3 is 0 Å². The van der Waals surface area contributed by atoms with Crippen LogP contribution < -0.4 is 20.6 Å². The number of benzene rings is 1. The fraction of sp³-hybridized carbons (Fsp3) is 0.0667. The number of ether oxygens (including phenoxy) is 2. The number of hydrogen-bond donors (Lipinski definition) is 2. The Morgan fingerprint density at radius 2 is 2.19 bits per heavy atom. The van der Waals surface area contributed by atoms with Gasteiger partial charge in [0.15, 0.2) is 11.5 Å². The SMILES string of the molecule is COc1cc(C=NNc2nc(N)cs2)ccc1Oc1nc(Cl)ncc1F. The van der Waals surface area contributed by atoms with Crippen molar-refractivity contribution >= 4 is 40.1 Å². The molecular weight excluding hydrogens is 383 g/mol. The van der Waals surface area contributed by atoms with Crippen molar-refractivity contribution < 1.29 is 13.9 Å². The molecule has 3 N–H and O–H groups in total. The average molecular weight is 395 g/mol. The summed E-state index contributed by atoms with van der Waals surface area (Å²) >= 11 is 6.99. The first-order valence-corrected chi connectivity index (χ1v) is 8.35. The van der Waals surface area contributed by atoms with Crippen molar-refractivity contribution in [3.8, 4) is 17.4 Å². The smallest absolute Gasteiger partial charge is 0.260 e. The lowest BCUT2D eigenvalue weighted by atomic mass is 10.2. The van der Waals surface area contributed by atoms with Crippen molar-refractivity contribution in [1.29, 1.82) is 0 Å². The Labute approximate surface area is 156 Å². The van der Waals surface area contributed by atoms with Crippen molar-refractivity contribution in [3.63, 3.8) is 0 Å². The molecule has 0 amide bonds. The highest BCUT2D eigenvalue weighted by Gasteiger charge is 2.12. The van der Waals surface area contributed by atoms with Crippen LogP contribution in [0.25, 0.3) is 0 Å².